The van der Waals surface area contributed by atoms with Gasteiger partial charge in [-0.05, 0) is 29.8 Å². The Morgan fingerprint density at radius 3 is 2.60 bits per heavy atom. The predicted molar refractivity (Wildman–Crippen MR) is 106 cm³/mol. The van der Waals surface area contributed by atoms with Gasteiger partial charge in [-0.3, -0.25) is 9.69 Å². The largest absolute Gasteiger partial charge is 0.340 e. The van der Waals surface area contributed by atoms with E-state index in [1.165, 1.54) is 11.3 Å². The third-order valence-electron chi connectivity index (χ3n) is 4.52. The maximum Gasteiger partial charge on any atom is 0.228 e. The smallest absolute Gasteiger partial charge is 0.228 e. The zero-order valence-electron chi connectivity index (χ0n) is 15.3. The maximum absolute atomic E-state index is 12.6. The summed E-state index contributed by atoms with van der Waals surface area (Å²) in [5, 5.41) is 5.09. The molecule has 1 aliphatic rings. The molecule has 1 saturated heterocycles. The second-order valence-electron chi connectivity index (χ2n) is 7.83. The zero-order chi connectivity index (χ0) is 17.9. The minimum absolute atomic E-state index is 0.207. The summed E-state index contributed by atoms with van der Waals surface area (Å²) in [5.41, 5.74) is 1.27. The molecule has 0 radical (unpaired) electrons. The first-order valence-corrected chi connectivity index (χ1v) is 10.6. The molecule has 25 heavy (non-hydrogen) atoms. The second-order valence-corrected chi connectivity index (χ2v) is 9.64. The normalized spacial score (nSPS) is 16.4. The standard InChI is InChI=1S/C19H27N3OS2/c1-19(2,3)6-7-21-8-10-22(11-9-21)17(23)13-15-14-25-18(20-15)16-5-4-12-24-16/h4-5,12,14H,6-11,13H2,1-3H3. The molecule has 0 bridgehead atoms. The molecule has 0 aromatic carbocycles. The minimum atomic E-state index is 0.207. The van der Waals surface area contributed by atoms with Crippen LogP contribution in [0.3, 0.4) is 0 Å². The van der Waals surface area contributed by atoms with E-state index in [4.69, 9.17) is 0 Å². The van der Waals surface area contributed by atoms with Crippen LogP contribution in [0, 0.1) is 5.41 Å². The van der Waals surface area contributed by atoms with Crippen molar-refractivity contribution in [3.8, 4) is 9.88 Å². The Hall–Kier alpha value is -1.24. The molecule has 2 aromatic heterocycles. The summed E-state index contributed by atoms with van der Waals surface area (Å²) in [4.78, 5) is 22.8. The zero-order valence-corrected chi connectivity index (χ0v) is 17.0. The fourth-order valence-electron chi connectivity index (χ4n) is 2.88. The van der Waals surface area contributed by atoms with Crippen molar-refractivity contribution in [2.75, 3.05) is 32.7 Å². The molecular weight excluding hydrogens is 350 g/mol. The highest BCUT2D eigenvalue weighted by Crippen LogP contribution is 2.28. The number of piperazine rings is 1. The van der Waals surface area contributed by atoms with Gasteiger partial charge in [-0.25, -0.2) is 4.98 Å². The van der Waals surface area contributed by atoms with Gasteiger partial charge in [0, 0.05) is 31.6 Å². The highest BCUT2D eigenvalue weighted by Gasteiger charge is 2.23. The van der Waals surface area contributed by atoms with E-state index in [2.05, 4.69) is 42.1 Å². The molecule has 0 aliphatic carbocycles. The lowest BCUT2D eigenvalue weighted by Crippen LogP contribution is -2.49. The van der Waals surface area contributed by atoms with Crippen LogP contribution >= 0.6 is 22.7 Å². The number of carbonyl (C=O) groups is 1. The van der Waals surface area contributed by atoms with Crippen LogP contribution in [0.15, 0.2) is 22.9 Å². The van der Waals surface area contributed by atoms with Gasteiger partial charge in [0.1, 0.15) is 5.01 Å². The summed E-state index contributed by atoms with van der Waals surface area (Å²) in [7, 11) is 0. The van der Waals surface area contributed by atoms with Gasteiger partial charge < -0.3 is 4.90 Å². The van der Waals surface area contributed by atoms with E-state index in [0.717, 1.165) is 43.4 Å². The number of rotatable bonds is 5. The molecule has 1 aliphatic heterocycles. The average molecular weight is 378 g/mol. The van der Waals surface area contributed by atoms with Crippen molar-refractivity contribution in [1.29, 1.82) is 0 Å². The van der Waals surface area contributed by atoms with E-state index in [0.29, 0.717) is 11.8 Å². The van der Waals surface area contributed by atoms with Gasteiger partial charge in [0.15, 0.2) is 0 Å². The molecule has 1 fully saturated rings. The highest BCUT2D eigenvalue weighted by molar-refractivity contribution is 7.20. The van der Waals surface area contributed by atoms with E-state index in [-0.39, 0.29) is 5.91 Å². The van der Waals surface area contributed by atoms with E-state index < -0.39 is 0 Å². The first kappa shape index (κ1) is 18.5. The molecule has 0 unspecified atom stereocenters. The molecule has 0 spiro atoms. The Bertz CT molecular complexity index is 680. The fraction of sp³-hybridized carbons (Fsp3) is 0.579. The van der Waals surface area contributed by atoms with Gasteiger partial charge in [-0.2, -0.15) is 0 Å². The minimum Gasteiger partial charge on any atom is -0.340 e. The third-order valence-corrected chi connectivity index (χ3v) is 6.45. The topological polar surface area (TPSA) is 36.4 Å². The molecule has 4 nitrogen and oxygen atoms in total. The van der Waals surface area contributed by atoms with Crippen LogP contribution in [0.1, 0.15) is 32.9 Å². The number of aromatic nitrogens is 1. The third kappa shape index (κ3) is 5.36. The number of carbonyl (C=O) groups excluding carboxylic acids is 1. The molecule has 1 amide bonds. The quantitative estimate of drug-likeness (QED) is 0.790. The lowest BCUT2D eigenvalue weighted by atomic mass is 9.92. The molecule has 6 heteroatoms. The van der Waals surface area contributed by atoms with Crippen LogP contribution in [0.25, 0.3) is 9.88 Å². The first-order valence-electron chi connectivity index (χ1n) is 8.89. The molecule has 136 valence electrons. The summed E-state index contributed by atoms with van der Waals surface area (Å²) >= 11 is 3.32. The first-order chi connectivity index (χ1) is 11.9. The van der Waals surface area contributed by atoms with Crippen molar-refractivity contribution in [1.82, 2.24) is 14.8 Å². The average Bonchev–Trinajstić information content (AvgIpc) is 3.24. The van der Waals surface area contributed by atoms with Gasteiger partial charge in [0.25, 0.3) is 0 Å². The van der Waals surface area contributed by atoms with E-state index >= 15 is 0 Å². The van der Waals surface area contributed by atoms with Crippen LogP contribution in [-0.2, 0) is 11.2 Å². The molecule has 3 heterocycles. The maximum atomic E-state index is 12.6. The SMILES string of the molecule is CC(C)(C)CCN1CCN(C(=O)Cc2csc(-c3cccs3)n2)CC1. The Balaban J connectivity index is 1.47. The number of hydrogen-bond donors (Lipinski definition) is 0. The number of thiazole rings is 1. The van der Waals surface area contributed by atoms with Gasteiger partial charge in [0.2, 0.25) is 5.91 Å². The Labute approximate surface area is 158 Å². The molecular formula is C19H27N3OS2. The van der Waals surface area contributed by atoms with Crippen LogP contribution < -0.4 is 0 Å². The van der Waals surface area contributed by atoms with Crippen molar-refractivity contribution < 1.29 is 4.79 Å². The van der Waals surface area contributed by atoms with Crippen molar-refractivity contribution in [3.63, 3.8) is 0 Å². The van der Waals surface area contributed by atoms with Crippen LogP contribution in [-0.4, -0.2) is 53.4 Å². The molecule has 0 saturated carbocycles. The lowest BCUT2D eigenvalue weighted by Gasteiger charge is -2.36. The van der Waals surface area contributed by atoms with Gasteiger partial charge >= 0.3 is 0 Å². The number of nitrogens with zero attached hydrogens (tertiary/aromatic N) is 3. The van der Waals surface area contributed by atoms with Crippen molar-refractivity contribution in [2.24, 2.45) is 5.41 Å². The number of thiophene rings is 1. The Morgan fingerprint density at radius 1 is 1.20 bits per heavy atom. The molecule has 0 atom stereocenters. The number of amides is 1. The fourth-order valence-corrected chi connectivity index (χ4v) is 4.52. The highest BCUT2D eigenvalue weighted by atomic mass is 32.1. The summed E-state index contributed by atoms with van der Waals surface area (Å²) in [6, 6.07) is 4.11. The van der Waals surface area contributed by atoms with Crippen molar-refractivity contribution >= 4 is 28.6 Å². The van der Waals surface area contributed by atoms with Gasteiger partial charge in [-0.15, -0.1) is 22.7 Å². The monoisotopic (exact) mass is 377 g/mol. The van der Waals surface area contributed by atoms with Crippen LogP contribution in [0.2, 0.25) is 0 Å². The Kier molecular flexibility index (Phi) is 5.92. The van der Waals surface area contributed by atoms with Crippen molar-refractivity contribution in [3.05, 3.63) is 28.6 Å². The number of hydrogen-bond acceptors (Lipinski definition) is 5. The van der Waals surface area contributed by atoms with E-state index in [9.17, 15) is 4.79 Å². The Morgan fingerprint density at radius 2 is 1.96 bits per heavy atom. The predicted octanol–water partition coefficient (Wildman–Crippen LogP) is 3.99. The molecule has 2 aromatic rings. The van der Waals surface area contributed by atoms with Crippen LogP contribution in [0.5, 0.6) is 0 Å². The van der Waals surface area contributed by atoms with E-state index in [1.807, 2.05) is 16.3 Å². The lowest BCUT2D eigenvalue weighted by molar-refractivity contribution is -0.132. The van der Waals surface area contributed by atoms with E-state index in [1.54, 1.807) is 22.7 Å². The summed E-state index contributed by atoms with van der Waals surface area (Å²) in [6.45, 7) is 11.6. The summed E-state index contributed by atoms with van der Waals surface area (Å²) in [6.07, 6.45) is 1.62. The van der Waals surface area contributed by atoms with Crippen molar-refractivity contribution in [2.45, 2.75) is 33.6 Å². The van der Waals surface area contributed by atoms with Crippen LogP contribution in [0.4, 0.5) is 0 Å². The van der Waals surface area contributed by atoms with Gasteiger partial charge in [0.05, 0.1) is 17.0 Å². The van der Waals surface area contributed by atoms with Gasteiger partial charge in [-0.1, -0.05) is 26.8 Å². The summed E-state index contributed by atoms with van der Waals surface area (Å²) in [5.74, 6) is 0.207. The molecule has 3 rings (SSSR count). The second kappa shape index (κ2) is 7.98. The molecule has 0 N–H and O–H groups in total. The summed E-state index contributed by atoms with van der Waals surface area (Å²) < 4.78 is 0.